The van der Waals surface area contributed by atoms with Crippen molar-refractivity contribution < 1.29 is 35.7 Å². The van der Waals surface area contributed by atoms with E-state index in [1.807, 2.05) is 6.20 Å². The SMILES string of the molecule is CO[n+]1ccc2c(c1)c1c[c]([Sn]([CH3])([CH3])[CH3])ccc1n2C.O=S(=O)([O-])C(F)(F)F. The summed E-state index contributed by atoms with van der Waals surface area (Å²) in [5, 5.41) is 2.59. The molecule has 3 rings (SSSR count). The number of aryl methyl sites for hydroxylation is 1. The third kappa shape index (κ3) is 4.71. The van der Waals surface area contributed by atoms with Gasteiger partial charge in [-0.1, -0.05) is 0 Å². The average Bonchev–Trinajstić information content (AvgIpc) is 2.85. The van der Waals surface area contributed by atoms with Gasteiger partial charge in [0, 0.05) is 0 Å². The first-order valence-electron chi connectivity index (χ1n) is 8.17. The number of aromatic nitrogens is 2. The van der Waals surface area contributed by atoms with Crippen molar-refractivity contribution in [3.63, 3.8) is 0 Å². The van der Waals surface area contributed by atoms with Crippen LogP contribution in [-0.2, 0) is 17.2 Å². The molecule has 0 amide bonds. The van der Waals surface area contributed by atoms with Crippen LogP contribution in [0.3, 0.4) is 0 Å². The van der Waals surface area contributed by atoms with Gasteiger partial charge in [0.15, 0.2) is 10.1 Å². The minimum atomic E-state index is -6.09. The fraction of sp³-hybridized carbons (Fsp3) is 0.353. The van der Waals surface area contributed by atoms with Gasteiger partial charge in [-0.15, -0.1) is 0 Å². The zero-order valence-corrected chi connectivity index (χ0v) is 19.7. The predicted molar refractivity (Wildman–Crippen MR) is 102 cm³/mol. The van der Waals surface area contributed by atoms with Crippen LogP contribution in [0.15, 0.2) is 36.7 Å². The number of nitrogens with zero attached hydrogens (tertiary/aromatic N) is 2. The van der Waals surface area contributed by atoms with E-state index in [2.05, 4.69) is 56.9 Å². The van der Waals surface area contributed by atoms with E-state index in [1.165, 1.54) is 21.8 Å². The zero-order chi connectivity index (χ0) is 21.5. The molecular weight excluding hydrogens is 504 g/mol. The first kappa shape index (κ1) is 22.8. The van der Waals surface area contributed by atoms with Crippen molar-refractivity contribution in [2.75, 3.05) is 7.11 Å². The Morgan fingerprint density at radius 2 is 1.64 bits per heavy atom. The smallest absolute Gasteiger partial charge is 0.485 e. The standard InChI is InChI=1S/C13H12N2O.CHF3O3S.3CH3.Sn/c1-14-12-6-4-3-5-10(12)11-9-15(16-2)8-7-13(11)14;2-1(3,4)8(5,6)7;;;;/h4-9H,1-2H3;(H,5,6,7);3*1H3;/q+1;;;;;/p-1. The Balaban J connectivity index is 0.000000300. The molecule has 0 fully saturated rings. The summed E-state index contributed by atoms with van der Waals surface area (Å²) in [4.78, 5) is 12.7. The van der Waals surface area contributed by atoms with E-state index in [-0.39, 0.29) is 0 Å². The molecule has 0 bridgehead atoms. The van der Waals surface area contributed by atoms with E-state index in [4.69, 9.17) is 17.8 Å². The molecule has 28 heavy (non-hydrogen) atoms. The number of benzene rings is 1. The zero-order valence-electron chi connectivity index (χ0n) is 16.0. The maximum atomic E-state index is 10.7. The molecule has 0 aliphatic carbocycles. The van der Waals surface area contributed by atoms with E-state index < -0.39 is 34.0 Å². The fourth-order valence-electron chi connectivity index (χ4n) is 2.72. The molecule has 6 nitrogen and oxygen atoms in total. The van der Waals surface area contributed by atoms with Crippen LogP contribution in [0.4, 0.5) is 13.2 Å². The second-order valence-electron chi connectivity index (χ2n) is 7.23. The quantitative estimate of drug-likeness (QED) is 0.223. The summed E-state index contributed by atoms with van der Waals surface area (Å²) in [6, 6.07) is 9.10. The molecule has 3 aromatic rings. The maximum absolute atomic E-state index is 10.7. The van der Waals surface area contributed by atoms with Crippen LogP contribution in [0, 0.1) is 0 Å². The van der Waals surface area contributed by atoms with E-state index in [0.29, 0.717) is 0 Å². The normalized spacial score (nSPS) is 12.8. The molecule has 0 saturated carbocycles. The molecule has 0 aliphatic rings. The van der Waals surface area contributed by atoms with Crippen molar-refractivity contribution in [2.24, 2.45) is 7.05 Å². The van der Waals surface area contributed by atoms with Gasteiger partial charge in [0.1, 0.15) is 0 Å². The summed E-state index contributed by atoms with van der Waals surface area (Å²) >= 11 is -2.04. The summed E-state index contributed by atoms with van der Waals surface area (Å²) in [6.07, 6.45) is 4.02. The molecular formula is C17H21F3N2O4SSn. The molecule has 154 valence electrons. The first-order chi connectivity index (χ1) is 12.7. The van der Waals surface area contributed by atoms with Crippen LogP contribution in [0.5, 0.6) is 0 Å². The third-order valence-corrected chi connectivity index (χ3v) is 10.7. The van der Waals surface area contributed by atoms with Gasteiger partial charge in [-0.2, -0.15) is 13.2 Å². The Bertz CT molecular complexity index is 1120. The number of alkyl halides is 3. The number of hydrogen-bond acceptors (Lipinski definition) is 4. The van der Waals surface area contributed by atoms with Gasteiger partial charge < -0.3 is 4.55 Å². The van der Waals surface area contributed by atoms with Crippen molar-refractivity contribution >= 4 is 53.9 Å². The van der Waals surface area contributed by atoms with E-state index in [1.54, 1.807) is 15.4 Å². The summed E-state index contributed by atoms with van der Waals surface area (Å²) in [5.74, 6) is 0. The van der Waals surface area contributed by atoms with Gasteiger partial charge in [0.25, 0.3) is 0 Å². The van der Waals surface area contributed by atoms with Crippen LogP contribution in [0.25, 0.3) is 21.8 Å². The van der Waals surface area contributed by atoms with Crippen molar-refractivity contribution in [1.29, 1.82) is 0 Å². The molecule has 2 heterocycles. The van der Waals surface area contributed by atoms with E-state index in [9.17, 15) is 13.2 Å². The number of rotatable bonds is 2. The van der Waals surface area contributed by atoms with Crippen LogP contribution < -0.4 is 13.1 Å². The molecule has 11 heteroatoms. The Hall–Kier alpha value is -1.53. The van der Waals surface area contributed by atoms with Gasteiger partial charge in [-0.3, -0.25) is 0 Å². The van der Waals surface area contributed by atoms with Gasteiger partial charge >= 0.3 is 129 Å². The van der Waals surface area contributed by atoms with Gasteiger partial charge in [-0.25, -0.2) is 8.42 Å². The Morgan fingerprint density at radius 3 is 2.11 bits per heavy atom. The molecule has 0 aliphatic heterocycles. The number of pyridine rings is 1. The summed E-state index contributed by atoms with van der Waals surface area (Å²) < 4.78 is 64.5. The maximum Gasteiger partial charge on any atom is 0.485 e. The minimum Gasteiger partial charge on any atom is -0.741 e. The molecule has 1 aromatic carbocycles. The Labute approximate surface area is 165 Å². The van der Waals surface area contributed by atoms with Crippen LogP contribution in [0.2, 0.25) is 14.8 Å². The monoisotopic (exact) mass is 526 g/mol. The number of fused-ring (bicyclic) bond motifs is 3. The second kappa shape index (κ2) is 7.71. The topological polar surface area (TPSA) is 75.2 Å². The molecule has 0 radical (unpaired) electrons. The first-order valence-corrected chi connectivity index (χ1v) is 19.6. The van der Waals surface area contributed by atoms with Gasteiger partial charge in [0.2, 0.25) is 0 Å². The average molecular weight is 525 g/mol. The molecule has 0 spiro atoms. The molecule has 0 saturated heterocycles. The number of halogens is 3. The molecule has 0 unspecified atom stereocenters. The largest absolute Gasteiger partial charge is 0.741 e. The molecule has 0 N–H and O–H groups in total. The van der Waals surface area contributed by atoms with E-state index in [0.717, 1.165) is 0 Å². The van der Waals surface area contributed by atoms with Gasteiger partial charge in [-0.05, 0) is 0 Å². The van der Waals surface area contributed by atoms with E-state index >= 15 is 0 Å². The van der Waals surface area contributed by atoms with Crippen molar-refractivity contribution in [3.8, 4) is 0 Å². The Morgan fingerprint density at radius 1 is 1.11 bits per heavy atom. The van der Waals surface area contributed by atoms with Crippen LogP contribution in [0.1, 0.15) is 0 Å². The number of hydrogen-bond donors (Lipinski definition) is 0. The third-order valence-electron chi connectivity index (χ3n) is 4.28. The second-order valence-corrected chi connectivity index (χ2v) is 23.1. The minimum absolute atomic E-state index is 1.24. The summed E-state index contributed by atoms with van der Waals surface area (Å²) in [6.45, 7) is 0. The molecule has 0 atom stereocenters. The molecule has 2 aromatic heterocycles. The van der Waals surface area contributed by atoms with Gasteiger partial charge in [0.05, 0.1) is 0 Å². The van der Waals surface area contributed by atoms with Crippen molar-refractivity contribution in [1.82, 2.24) is 4.57 Å². The predicted octanol–water partition coefficient (Wildman–Crippen LogP) is 2.27. The Kier molecular flexibility index (Phi) is 6.27. The fourth-order valence-corrected chi connectivity index (χ4v) is 6.04. The van der Waals surface area contributed by atoms with Crippen LogP contribution in [-0.4, -0.2) is 48.5 Å². The van der Waals surface area contributed by atoms with Crippen LogP contribution >= 0.6 is 0 Å². The summed E-state index contributed by atoms with van der Waals surface area (Å²) in [5.41, 5.74) is -3.12. The van der Waals surface area contributed by atoms with Crippen molar-refractivity contribution in [3.05, 3.63) is 36.7 Å². The summed E-state index contributed by atoms with van der Waals surface area (Å²) in [7, 11) is -2.27. The van der Waals surface area contributed by atoms with Crippen molar-refractivity contribution in [2.45, 2.75) is 20.3 Å².